The topological polar surface area (TPSA) is 90.5 Å². The predicted molar refractivity (Wildman–Crippen MR) is 114 cm³/mol. The lowest BCUT2D eigenvalue weighted by molar-refractivity contribution is 0.0943. The fraction of sp³-hybridized carbons (Fsp3) is 0.579. The molecule has 7 nitrogen and oxygen atoms in total. The van der Waals surface area contributed by atoms with E-state index in [4.69, 9.17) is 12.2 Å². The van der Waals surface area contributed by atoms with Crippen LogP contribution in [0.25, 0.3) is 0 Å². The molecule has 0 saturated carbocycles. The van der Waals surface area contributed by atoms with Gasteiger partial charge in [-0.15, -0.1) is 0 Å². The molecular weight excluding hydrogens is 396 g/mol. The molecule has 1 heterocycles. The first-order valence-electron chi connectivity index (χ1n) is 9.37. The molecule has 1 aromatic rings. The van der Waals surface area contributed by atoms with Gasteiger partial charge < -0.3 is 5.32 Å². The normalized spacial score (nSPS) is 21.0. The Balaban J connectivity index is 2.02. The van der Waals surface area contributed by atoms with E-state index in [1.807, 2.05) is 20.8 Å². The molecule has 1 aliphatic heterocycles. The minimum Gasteiger partial charge on any atom is -0.357 e. The van der Waals surface area contributed by atoms with E-state index in [0.717, 1.165) is 6.42 Å². The molecule has 1 amide bonds. The standard InChI is InChI=1S/C19H30N4O3S2/c1-13-10-14(2)12-23(11-13)28(25,26)16-8-6-15(7-9-16)17(24)21-22-18(27)20-19(3,4)5/h6-9,13-14H,10-12H2,1-5H3,(H,21,24)(H2,20,22,27)/t13-,14+. The van der Waals surface area contributed by atoms with E-state index in [-0.39, 0.29) is 10.4 Å². The third kappa shape index (κ3) is 6.15. The van der Waals surface area contributed by atoms with E-state index >= 15 is 0 Å². The van der Waals surface area contributed by atoms with Gasteiger partial charge in [0.15, 0.2) is 5.11 Å². The molecule has 0 radical (unpaired) electrons. The Kier molecular flexibility index (Phi) is 7.06. The van der Waals surface area contributed by atoms with E-state index in [1.165, 1.54) is 24.3 Å². The summed E-state index contributed by atoms with van der Waals surface area (Å²) >= 11 is 5.11. The number of amides is 1. The largest absolute Gasteiger partial charge is 0.357 e. The second kappa shape index (κ2) is 8.75. The number of hydrogen-bond donors (Lipinski definition) is 3. The Morgan fingerprint density at radius 1 is 1.07 bits per heavy atom. The molecule has 0 spiro atoms. The summed E-state index contributed by atoms with van der Waals surface area (Å²) in [5.74, 6) is 0.266. The van der Waals surface area contributed by atoms with Crippen LogP contribution >= 0.6 is 12.2 Å². The maximum Gasteiger partial charge on any atom is 0.269 e. The van der Waals surface area contributed by atoms with Gasteiger partial charge in [-0.1, -0.05) is 13.8 Å². The summed E-state index contributed by atoms with van der Waals surface area (Å²) < 4.78 is 27.3. The number of rotatable bonds is 3. The monoisotopic (exact) mass is 426 g/mol. The van der Waals surface area contributed by atoms with Crippen molar-refractivity contribution in [1.82, 2.24) is 20.5 Å². The smallest absolute Gasteiger partial charge is 0.269 e. The van der Waals surface area contributed by atoms with Gasteiger partial charge in [-0.05, 0) is 75.5 Å². The van der Waals surface area contributed by atoms with Crippen molar-refractivity contribution in [3.8, 4) is 0 Å². The molecule has 2 rings (SSSR count). The van der Waals surface area contributed by atoms with Crippen LogP contribution < -0.4 is 16.2 Å². The summed E-state index contributed by atoms with van der Waals surface area (Å²) in [6.45, 7) is 11.0. The Hall–Kier alpha value is -1.71. The second-order valence-electron chi connectivity index (χ2n) is 8.58. The Morgan fingerprint density at radius 2 is 1.61 bits per heavy atom. The molecule has 1 aliphatic rings. The molecule has 156 valence electrons. The molecule has 0 unspecified atom stereocenters. The van der Waals surface area contributed by atoms with Crippen molar-refractivity contribution in [2.75, 3.05) is 13.1 Å². The number of nitrogens with zero attached hydrogens (tertiary/aromatic N) is 1. The number of carbonyl (C=O) groups excluding carboxylic acids is 1. The first-order chi connectivity index (χ1) is 12.9. The van der Waals surface area contributed by atoms with Gasteiger partial charge in [0.1, 0.15) is 0 Å². The number of carbonyl (C=O) groups is 1. The fourth-order valence-electron chi connectivity index (χ4n) is 3.29. The van der Waals surface area contributed by atoms with Crippen LogP contribution in [0, 0.1) is 11.8 Å². The number of hydrazine groups is 1. The molecule has 0 bridgehead atoms. The first kappa shape index (κ1) is 22.6. The Bertz CT molecular complexity index is 807. The van der Waals surface area contributed by atoms with Crippen LogP contribution in [-0.4, -0.2) is 42.4 Å². The predicted octanol–water partition coefficient (Wildman–Crippen LogP) is 2.26. The Labute approximate surface area is 173 Å². The van der Waals surface area contributed by atoms with Crippen molar-refractivity contribution in [2.24, 2.45) is 11.8 Å². The van der Waals surface area contributed by atoms with Gasteiger partial charge in [0, 0.05) is 24.2 Å². The summed E-state index contributed by atoms with van der Waals surface area (Å²) in [4.78, 5) is 12.4. The summed E-state index contributed by atoms with van der Waals surface area (Å²) in [5, 5.41) is 3.32. The van der Waals surface area contributed by atoms with Crippen LogP contribution in [0.1, 0.15) is 51.4 Å². The summed E-state index contributed by atoms with van der Waals surface area (Å²) in [6.07, 6.45) is 1.03. The SMILES string of the molecule is C[C@@H]1C[C@H](C)CN(S(=O)(=O)c2ccc(C(=O)NNC(=S)NC(C)(C)C)cc2)C1. The lowest BCUT2D eigenvalue weighted by Crippen LogP contribution is -2.52. The summed E-state index contributed by atoms with van der Waals surface area (Å²) in [7, 11) is -3.56. The van der Waals surface area contributed by atoms with E-state index in [9.17, 15) is 13.2 Å². The van der Waals surface area contributed by atoms with Gasteiger partial charge in [0.25, 0.3) is 5.91 Å². The summed E-state index contributed by atoms with van der Waals surface area (Å²) in [5.41, 5.74) is 5.25. The maximum absolute atomic E-state index is 12.9. The van der Waals surface area contributed by atoms with E-state index in [2.05, 4.69) is 30.0 Å². The maximum atomic E-state index is 12.9. The van der Waals surface area contributed by atoms with E-state index in [0.29, 0.717) is 35.6 Å². The van der Waals surface area contributed by atoms with Gasteiger partial charge in [-0.2, -0.15) is 4.31 Å². The quantitative estimate of drug-likeness (QED) is 0.507. The second-order valence-corrected chi connectivity index (χ2v) is 10.9. The molecule has 1 aromatic carbocycles. The molecule has 0 aliphatic carbocycles. The average Bonchev–Trinajstić information content (AvgIpc) is 2.57. The zero-order valence-corrected chi connectivity index (χ0v) is 18.7. The van der Waals surface area contributed by atoms with Gasteiger partial charge >= 0.3 is 0 Å². The van der Waals surface area contributed by atoms with Gasteiger partial charge in [0.05, 0.1) is 4.90 Å². The van der Waals surface area contributed by atoms with Crippen LogP contribution in [0.3, 0.4) is 0 Å². The van der Waals surface area contributed by atoms with E-state index < -0.39 is 15.9 Å². The highest BCUT2D eigenvalue weighted by molar-refractivity contribution is 7.89. The minimum absolute atomic E-state index is 0.197. The highest BCUT2D eigenvalue weighted by atomic mass is 32.2. The third-order valence-corrected chi connectivity index (χ3v) is 6.42. The van der Waals surface area contributed by atoms with Crippen molar-refractivity contribution in [3.63, 3.8) is 0 Å². The molecule has 2 atom stereocenters. The van der Waals surface area contributed by atoms with E-state index in [1.54, 1.807) is 4.31 Å². The van der Waals surface area contributed by atoms with Crippen LogP contribution in [0.15, 0.2) is 29.2 Å². The average molecular weight is 427 g/mol. The highest BCUT2D eigenvalue weighted by Gasteiger charge is 2.31. The van der Waals surface area contributed by atoms with Crippen molar-refractivity contribution in [3.05, 3.63) is 29.8 Å². The van der Waals surface area contributed by atoms with Gasteiger partial charge in [-0.25, -0.2) is 8.42 Å². The van der Waals surface area contributed by atoms with Crippen LogP contribution in [0.2, 0.25) is 0 Å². The molecule has 9 heteroatoms. The molecule has 3 N–H and O–H groups in total. The number of nitrogens with one attached hydrogen (secondary N) is 3. The molecule has 1 fully saturated rings. The van der Waals surface area contributed by atoms with Crippen molar-refractivity contribution in [1.29, 1.82) is 0 Å². The van der Waals surface area contributed by atoms with Crippen molar-refractivity contribution >= 4 is 33.3 Å². The van der Waals surface area contributed by atoms with Gasteiger partial charge in [0.2, 0.25) is 10.0 Å². The van der Waals surface area contributed by atoms with Gasteiger partial charge in [-0.3, -0.25) is 15.6 Å². The lowest BCUT2D eigenvalue weighted by atomic mass is 9.94. The highest BCUT2D eigenvalue weighted by Crippen LogP contribution is 2.26. The fourth-order valence-corrected chi connectivity index (χ4v) is 5.32. The number of thiocarbonyl (C=S) groups is 1. The number of hydrogen-bond acceptors (Lipinski definition) is 4. The zero-order valence-electron chi connectivity index (χ0n) is 17.1. The molecule has 28 heavy (non-hydrogen) atoms. The Morgan fingerprint density at radius 3 is 2.11 bits per heavy atom. The van der Waals surface area contributed by atoms with Crippen molar-refractivity contribution in [2.45, 2.75) is 51.5 Å². The van der Waals surface area contributed by atoms with Crippen LogP contribution in [-0.2, 0) is 10.0 Å². The minimum atomic E-state index is -3.56. The van der Waals surface area contributed by atoms with Crippen molar-refractivity contribution < 1.29 is 13.2 Å². The van der Waals surface area contributed by atoms with Crippen LogP contribution in [0.4, 0.5) is 0 Å². The molecule has 1 saturated heterocycles. The lowest BCUT2D eigenvalue weighted by Gasteiger charge is -2.34. The number of benzene rings is 1. The first-order valence-corrected chi connectivity index (χ1v) is 11.2. The summed E-state index contributed by atoms with van der Waals surface area (Å²) in [6, 6.07) is 5.95. The third-order valence-electron chi connectivity index (χ3n) is 4.37. The van der Waals surface area contributed by atoms with Crippen LogP contribution in [0.5, 0.6) is 0 Å². The number of sulfonamides is 1. The molecular formula is C19H30N4O3S2. The number of piperidine rings is 1. The molecule has 0 aromatic heterocycles. The zero-order chi connectivity index (χ0) is 21.1.